The molecule has 0 aromatic heterocycles. The Morgan fingerprint density at radius 1 is 1.18 bits per heavy atom. The van der Waals surface area contributed by atoms with Gasteiger partial charge in [0.15, 0.2) is 6.61 Å². The Balaban J connectivity index is 1.56. The molecule has 1 heterocycles. The lowest BCUT2D eigenvalue weighted by atomic mass is 10.2. The van der Waals surface area contributed by atoms with Crippen LogP contribution in [0.2, 0.25) is 5.02 Å². The quantitative estimate of drug-likeness (QED) is 0.652. The first-order valence-electron chi connectivity index (χ1n) is 8.29. The minimum Gasteiger partial charge on any atom is -0.452 e. The predicted molar refractivity (Wildman–Crippen MR) is 110 cm³/mol. The molecule has 0 aliphatic carbocycles. The van der Waals surface area contributed by atoms with E-state index in [-0.39, 0.29) is 11.3 Å². The zero-order valence-electron chi connectivity index (χ0n) is 14.5. The van der Waals surface area contributed by atoms with E-state index in [1.54, 1.807) is 30.3 Å². The summed E-state index contributed by atoms with van der Waals surface area (Å²) < 4.78 is 30.9. The van der Waals surface area contributed by atoms with E-state index in [0.29, 0.717) is 29.4 Å². The third-order valence-corrected chi connectivity index (χ3v) is 6.71. The van der Waals surface area contributed by atoms with Crippen molar-refractivity contribution in [3.05, 3.63) is 57.5 Å². The number of sulfonamides is 1. The van der Waals surface area contributed by atoms with Gasteiger partial charge < -0.3 is 10.1 Å². The first-order chi connectivity index (χ1) is 13.3. The molecule has 0 unspecified atom stereocenters. The standard InChI is InChI=1S/C18H16BrClN2O5S/c19-13-4-7-16(15(20)10-13)21-17(23)11-27-18(24)12-2-5-14(6-3-12)22-8-1-9-28(22,25)26/h2-7,10H,1,8-9,11H2,(H,21,23). The van der Waals surface area contributed by atoms with Crippen molar-refractivity contribution >= 4 is 60.8 Å². The summed E-state index contributed by atoms with van der Waals surface area (Å²) in [6.07, 6.45) is 0.573. The number of hydrogen-bond donors (Lipinski definition) is 1. The average Bonchev–Trinajstić information content (AvgIpc) is 3.01. The van der Waals surface area contributed by atoms with Gasteiger partial charge >= 0.3 is 5.97 Å². The number of amides is 1. The number of benzene rings is 2. The number of nitrogens with zero attached hydrogens (tertiary/aromatic N) is 1. The van der Waals surface area contributed by atoms with E-state index in [1.807, 2.05) is 0 Å². The molecule has 1 saturated heterocycles. The Morgan fingerprint density at radius 3 is 2.50 bits per heavy atom. The third-order valence-electron chi connectivity index (χ3n) is 4.03. The van der Waals surface area contributed by atoms with Crippen molar-refractivity contribution in [2.24, 2.45) is 0 Å². The number of halogens is 2. The largest absolute Gasteiger partial charge is 0.452 e. The molecule has 0 saturated carbocycles. The van der Waals surface area contributed by atoms with Crippen molar-refractivity contribution in [1.29, 1.82) is 0 Å². The Kier molecular flexibility index (Phi) is 6.26. The van der Waals surface area contributed by atoms with Crippen molar-refractivity contribution in [3.8, 4) is 0 Å². The lowest BCUT2D eigenvalue weighted by molar-refractivity contribution is -0.119. The van der Waals surface area contributed by atoms with Gasteiger partial charge in [-0.05, 0) is 48.9 Å². The molecular weight excluding hydrogens is 472 g/mol. The summed E-state index contributed by atoms with van der Waals surface area (Å²) in [5.74, 6) is -1.10. The molecule has 0 bridgehead atoms. The first kappa shape index (κ1) is 20.6. The second kappa shape index (κ2) is 8.50. The zero-order valence-corrected chi connectivity index (χ0v) is 17.7. The molecule has 0 radical (unpaired) electrons. The molecule has 7 nitrogen and oxygen atoms in total. The summed E-state index contributed by atoms with van der Waals surface area (Å²) in [5, 5.41) is 2.91. The number of esters is 1. The van der Waals surface area contributed by atoms with Crippen molar-refractivity contribution in [2.45, 2.75) is 6.42 Å². The Morgan fingerprint density at radius 2 is 1.89 bits per heavy atom. The van der Waals surface area contributed by atoms with E-state index in [2.05, 4.69) is 21.2 Å². The van der Waals surface area contributed by atoms with Crippen molar-refractivity contribution in [1.82, 2.24) is 0 Å². The number of hydrogen-bond acceptors (Lipinski definition) is 5. The Bertz CT molecular complexity index is 1010. The maximum absolute atomic E-state index is 12.1. The molecule has 1 aliphatic heterocycles. The summed E-state index contributed by atoms with van der Waals surface area (Å²) in [6, 6.07) is 11.0. The van der Waals surface area contributed by atoms with Crippen molar-refractivity contribution in [2.75, 3.05) is 28.5 Å². The van der Waals surface area contributed by atoms with Gasteiger partial charge in [-0.1, -0.05) is 27.5 Å². The molecule has 2 aromatic rings. The van der Waals surface area contributed by atoms with Gasteiger partial charge in [0.05, 0.1) is 27.7 Å². The molecule has 1 aliphatic rings. The molecule has 10 heteroatoms. The molecule has 148 valence electrons. The fourth-order valence-corrected chi connectivity index (χ4v) is 4.97. The number of anilines is 2. The number of carbonyl (C=O) groups excluding carboxylic acids is 2. The molecular formula is C18H16BrClN2O5S. The Hall–Kier alpha value is -2.10. The van der Waals surface area contributed by atoms with E-state index in [0.717, 1.165) is 4.47 Å². The van der Waals surface area contributed by atoms with Crippen LogP contribution in [-0.2, 0) is 19.6 Å². The molecule has 28 heavy (non-hydrogen) atoms. The molecule has 0 atom stereocenters. The summed E-state index contributed by atoms with van der Waals surface area (Å²) >= 11 is 9.29. The minimum atomic E-state index is -3.28. The third kappa shape index (κ3) is 4.84. The zero-order chi connectivity index (χ0) is 20.3. The fourth-order valence-electron chi connectivity index (χ4n) is 2.68. The van der Waals surface area contributed by atoms with E-state index in [1.165, 1.54) is 16.4 Å². The smallest absolute Gasteiger partial charge is 0.338 e. The van der Waals surface area contributed by atoms with Crippen LogP contribution in [0.5, 0.6) is 0 Å². The van der Waals surface area contributed by atoms with Crippen LogP contribution in [0.25, 0.3) is 0 Å². The van der Waals surface area contributed by atoms with Gasteiger partial charge in [-0.2, -0.15) is 0 Å². The van der Waals surface area contributed by atoms with E-state index < -0.39 is 28.5 Å². The van der Waals surface area contributed by atoms with Crippen LogP contribution >= 0.6 is 27.5 Å². The highest BCUT2D eigenvalue weighted by Gasteiger charge is 2.28. The second-order valence-electron chi connectivity index (χ2n) is 6.04. The predicted octanol–water partition coefficient (Wildman–Crippen LogP) is 3.44. The number of carbonyl (C=O) groups is 2. The van der Waals surface area contributed by atoms with E-state index in [9.17, 15) is 18.0 Å². The summed E-state index contributed by atoms with van der Waals surface area (Å²) in [6.45, 7) is -0.0571. The lowest BCUT2D eigenvalue weighted by Crippen LogP contribution is -2.25. The van der Waals surface area contributed by atoms with Crippen LogP contribution < -0.4 is 9.62 Å². The molecule has 1 fully saturated rings. The summed E-state index contributed by atoms with van der Waals surface area (Å²) in [4.78, 5) is 24.1. The first-order valence-corrected chi connectivity index (χ1v) is 11.1. The van der Waals surface area contributed by atoms with Gasteiger partial charge in [-0.15, -0.1) is 0 Å². The van der Waals surface area contributed by atoms with Gasteiger partial charge in [0.25, 0.3) is 5.91 Å². The summed E-state index contributed by atoms with van der Waals surface area (Å²) in [7, 11) is -3.28. The van der Waals surface area contributed by atoms with Gasteiger partial charge in [0.2, 0.25) is 10.0 Å². The van der Waals surface area contributed by atoms with Gasteiger partial charge in [-0.25, -0.2) is 13.2 Å². The van der Waals surface area contributed by atoms with E-state index in [4.69, 9.17) is 16.3 Å². The monoisotopic (exact) mass is 486 g/mol. The maximum atomic E-state index is 12.1. The highest BCUT2D eigenvalue weighted by atomic mass is 79.9. The summed E-state index contributed by atoms with van der Waals surface area (Å²) in [5.41, 5.74) is 1.12. The number of rotatable bonds is 5. The Labute approximate surface area is 175 Å². The number of ether oxygens (including phenoxy) is 1. The van der Waals surface area contributed by atoms with Crippen LogP contribution in [0, 0.1) is 0 Å². The second-order valence-corrected chi connectivity index (χ2v) is 9.37. The molecule has 2 aromatic carbocycles. The van der Waals surface area contributed by atoms with Crippen LogP contribution in [0.3, 0.4) is 0 Å². The molecule has 1 amide bonds. The molecule has 1 N–H and O–H groups in total. The lowest BCUT2D eigenvalue weighted by Gasteiger charge is -2.16. The topological polar surface area (TPSA) is 92.8 Å². The highest BCUT2D eigenvalue weighted by Crippen LogP contribution is 2.26. The molecule has 0 spiro atoms. The maximum Gasteiger partial charge on any atom is 0.338 e. The SMILES string of the molecule is O=C(COC(=O)c1ccc(N2CCCS2(=O)=O)cc1)Nc1ccc(Br)cc1Cl. The minimum absolute atomic E-state index is 0.119. The van der Waals surface area contributed by atoms with Crippen molar-refractivity contribution < 1.29 is 22.7 Å². The highest BCUT2D eigenvalue weighted by molar-refractivity contribution is 9.10. The van der Waals surface area contributed by atoms with Gasteiger partial charge in [0.1, 0.15) is 0 Å². The van der Waals surface area contributed by atoms with Crippen LogP contribution in [0.1, 0.15) is 16.8 Å². The normalized spacial score (nSPS) is 15.3. The van der Waals surface area contributed by atoms with Gasteiger partial charge in [0, 0.05) is 11.0 Å². The van der Waals surface area contributed by atoms with Crippen LogP contribution in [0.4, 0.5) is 11.4 Å². The van der Waals surface area contributed by atoms with Crippen LogP contribution in [0.15, 0.2) is 46.9 Å². The average molecular weight is 488 g/mol. The molecule has 3 rings (SSSR count). The number of nitrogens with one attached hydrogen (secondary N) is 1. The van der Waals surface area contributed by atoms with Crippen LogP contribution in [-0.4, -0.2) is 39.2 Å². The van der Waals surface area contributed by atoms with Gasteiger partial charge in [-0.3, -0.25) is 9.10 Å². The fraction of sp³-hybridized carbons (Fsp3) is 0.222. The van der Waals surface area contributed by atoms with E-state index >= 15 is 0 Å². The van der Waals surface area contributed by atoms with Crippen molar-refractivity contribution in [3.63, 3.8) is 0 Å².